The van der Waals surface area contributed by atoms with Gasteiger partial charge in [0.25, 0.3) is 0 Å². The molecule has 2 saturated heterocycles. The van der Waals surface area contributed by atoms with E-state index < -0.39 is 5.60 Å². The molecule has 0 amide bonds. The van der Waals surface area contributed by atoms with Crippen molar-refractivity contribution in [3.05, 3.63) is 35.9 Å². The number of rotatable bonds is 3. The van der Waals surface area contributed by atoms with E-state index in [0.717, 1.165) is 31.5 Å². The Balaban J connectivity index is 1.90. The summed E-state index contributed by atoms with van der Waals surface area (Å²) >= 11 is 0. The van der Waals surface area contributed by atoms with Gasteiger partial charge in [-0.15, -0.1) is 0 Å². The fourth-order valence-corrected chi connectivity index (χ4v) is 4.90. The van der Waals surface area contributed by atoms with Crippen molar-refractivity contribution < 1.29 is 5.11 Å². The molecule has 3 rings (SSSR count). The molecule has 0 spiro atoms. The van der Waals surface area contributed by atoms with E-state index in [1.165, 1.54) is 25.7 Å². The van der Waals surface area contributed by atoms with Gasteiger partial charge in [-0.25, -0.2) is 0 Å². The second-order valence-electron chi connectivity index (χ2n) is 8.46. The zero-order chi connectivity index (χ0) is 17.2. The molecule has 3 nitrogen and oxygen atoms in total. The van der Waals surface area contributed by atoms with Gasteiger partial charge in [-0.1, -0.05) is 50.1 Å². The van der Waals surface area contributed by atoms with Crippen molar-refractivity contribution in [3.8, 4) is 0 Å². The molecule has 0 radical (unpaired) electrons. The molecule has 2 fully saturated rings. The molecule has 0 bridgehead atoms. The predicted molar refractivity (Wildman–Crippen MR) is 100 cm³/mol. The molecule has 0 aliphatic carbocycles. The van der Waals surface area contributed by atoms with E-state index in [9.17, 15) is 5.11 Å². The van der Waals surface area contributed by atoms with Gasteiger partial charge in [0, 0.05) is 24.0 Å². The van der Waals surface area contributed by atoms with Crippen molar-refractivity contribution in [2.24, 2.45) is 5.41 Å². The highest BCUT2D eigenvalue weighted by molar-refractivity contribution is 5.27. The fourth-order valence-electron chi connectivity index (χ4n) is 4.90. The molecule has 1 aromatic carbocycles. The van der Waals surface area contributed by atoms with Crippen molar-refractivity contribution in [1.82, 2.24) is 10.2 Å². The standard InChI is InChI=1S/C21H34N2O/c1-17-14-21(24,18-10-6-4-7-11-18)20(2,16-23(17)3)15-19-12-8-5-9-13-22-19/h4,6-7,10-11,17,19,22,24H,5,8-9,12-16H2,1-3H3. The molecular formula is C21H34N2O. The number of nitrogens with one attached hydrogen (secondary N) is 1. The summed E-state index contributed by atoms with van der Waals surface area (Å²) in [4.78, 5) is 2.42. The van der Waals surface area contributed by atoms with Crippen LogP contribution in [0.2, 0.25) is 0 Å². The Morgan fingerprint density at radius 3 is 2.71 bits per heavy atom. The van der Waals surface area contributed by atoms with Crippen LogP contribution < -0.4 is 5.32 Å². The lowest BCUT2D eigenvalue weighted by Crippen LogP contribution is -2.60. The monoisotopic (exact) mass is 330 g/mol. The number of likely N-dealkylation sites (tertiary alicyclic amines) is 1. The van der Waals surface area contributed by atoms with Crippen LogP contribution in [0.1, 0.15) is 57.9 Å². The quantitative estimate of drug-likeness (QED) is 0.890. The lowest BCUT2D eigenvalue weighted by Gasteiger charge is -2.55. The van der Waals surface area contributed by atoms with Crippen molar-refractivity contribution >= 4 is 0 Å². The lowest BCUT2D eigenvalue weighted by atomic mass is 9.61. The molecule has 4 unspecified atom stereocenters. The zero-order valence-corrected chi connectivity index (χ0v) is 15.6. The number of benzene rings is 1. The van der Waals surface area contributed by atoms with Gasteiger partial charge >= 0.3 is 0 Å². The van der Waals surface area contributed by atoms with Gasteiger partial charge < -0.3 is 15.3 Å². The summed E-state index contributed by atoms with van der Waals surface area (Å²) in [6, 6.07) is 11.3. The SMILES string of the molecule is CC1CC(O)(c2ccccc2)C(C)(CC2CCCCCN2)CN1C. The summed E-state index contributed by atoms with van der Waals surface area (Å²) in [6.45, 7) is 6.60. The molecule has 1 aromatic rings. The van der Waals surface area contributed by atoms with Crippen molar-refractivity contribution in [2.75, 3.05) is 20.1 Å². The molecule has 0 aromatic heterocycles. The average molecular weight is 331 g/mol. The first-order valence-corrected chi connectivity index (χ1v) is 9.66. The van der Waals surface area contributed by atoms with Crippen molar-refractivity contribution in [3.63, 3.8) is 0 Å². The van der Waals surface area contributed by atoms with Crippen LogP contribution in [0.25, 0.3) is 0 Å². The van der Waals surface area contributed by atoms with Crippen LogP contribution in [0, 0.1) is 5.41 Å². The molecule has 134 valence electrons. The van der Waals surface area contributed by atoms with Crippen LogP contribution in [0.5, 0.6) is 0 Å². The summed E-state index contributed by atoms with van der Waals surface area (Å²) in [7, 11) is 2.20. The lowest BCUT2D eigenvalue weighted by molar-refractivity contribution is -0.151. The van der Waals surface area contributed by atoms with E-state index in [-0.39, 0.29) is 5.41 Å². The van der Waals surface area contributed by atoms with E-state index in [2.05, 4.69) is 55.4 Å². The summed E-state index contributed by atoms with van der Waals surface area (Å²) in [5.41, 5.74) is 0.187. The summed E-state index contributed by atoms with van der Waals surface area (Å²) in [5.74, 6) is 0. The fraction of sp³-hybridized carbons (Fsp3) is 0.714. The number of hydrogen-bond donors (Lipinski definition) is 2. The van der Waals surface area contributed by atoms with Gasteiger partial charge in [0.15, 0.2) is 0 Å². The van der Waals surface area contributed by atoms with Gasteiger partial charge in [-0.3, -0.25) is 0 Å². The van der Waals surface area contributed by atoms with E-state index in [1.807, 2.05) is 6.07 Å². The summed E-state index contributed by atoms with van der Waals surface area (Å²) in [5, 5.41) is 15.6. The maximum Gasteiger partial charge on any atom is 0.0977 e. The summed E-state index contributed by atoms with van der Waals surface area (Å²) in [6.07, 6.45) is 7.00. The molecule has 24 heavy (non-hydrogen) atoms. The Hall–Kier alpha value is -0.900. The molecule has 2 aliphatic rings. The molecule has 3 heteroatoms. The minimum atomic E-state index is -0.756. The number of aliphatic hydroxyl groups is 1. The molecular weight excluding hydrogens is 296 g/mol. The molecule has 2 aliphatic heterocycles. The van der Waals surface area contributed by atoms with Gasteiger partial charge in [-0.05, 0) is 51.8 Å². The number of piperidine rings is 1. The topological polar surface area (TPSA) is 35.5 Å². The first-order chi connectivity index (χ1) is 11.4. The first-order valence-electron chi connectivity index (χ1n) is 9.66. The van der Waals surface area contributed by atoms with E-state index in [0.29, 0.717) is 12.1 Å². The van der Waals surface area contributed by atoms with Crippen molar-refractivity contribution in [1.29, 1.82) is 0 Å². The van der Waals surface area contributed by atoms with Crippen LogP contribution in [0.15, 0.2) is 30.3 Å². The number of hydrogen-bond acceptors (Lipinski definition) is 3. The Kier molecular flexibility index (Phi) is 5.33. The van der Waals surface area contributed by atoms with Gasteiger partial charge in [0.05, 0.1) is 5.60 Å². The second-order valence-corrected chi connectivity index (χ2v) is 8.46. The molecule has 4 atom stereocenters. The van der Waals surface area contributed by atoms with E-state index in [1.54, 1.807) is 0 Å². The number of nitrogens with zero attached hydrogens (tertiary/aromatic N) is 1. The Morgan fingerprint density at radius 2 is 1.96 bits per heavy atom. The predicted octanol–water partition coefficient (Wildman–Crippen LogP) is 3.53. The maximum atomic E-state index is 11.9. The van der Waals surface area contributed by atoms with E-state index >= 15 is 0 Å². The minimum absolute atomic E-state index is 0.141. The van der Waals surface area contributed by atoms with Crippen LogP contribution in [-0.4, -0.2) is 42.2 Å². The van der Waals surface area contributed by atoms with Crippen LogP contribution in [0.3, 0.4) is 0 Å². The summed E-state index contributed by atoms with van der Waals surface area (Å²) < 4.78 is 0. The first kappa shape index (κ1) is 17.9. The Bertz CT molecular complexity index is 526. The second kappa shape index (κ2) is 7.15. The highest BCUT2D eigenvalue weighted by atomic mass is 16.3. The zero-order valence-electron chi connectivity index (χ0n) is 15.6. The van der Waals surface area contributed by atoms with E-state index in [4.69, 9.17) is 0 Å². The normalized spacial score (nSPS) is 38.7. The highest BCUT2D eigenvalue weighted by Crippen LogP contribution is 2.50. The largest absolute Gasteiger partial charge is 0.384 e. The highest BCUT2D eigenvalue weighted by Gasteiger charge is 2.53. The smallest absolute Gasteiger partial charge is 0.0977 e. The van der Waals surface area contributed by atoms with Gasteiger partial charge in [0.1, 0.15) is 0 Å². The molecule has 2 heterocycles. The average Bonchev–Trinajstić information content (AvgIpc) is 2.82. The van der Waals surface area contributed by atoms with Crippen LogP contribution in [0.4, 0.5) is 0 Å². The third-order valence-corrected chi connectivity index (χ3v) is 6.55. The third-order valence-electron chi connectivity index (χ3n) is 6.55. The van der Waals surface area contributed by atoms with Gasteiger partial charge in [0.2, 0.25) is 0 Å². The van der Waals surface area contributed by atoms with Gasteiger partial charge in [-0.2, -0.15) is 0 Å². The third kappa shape index (κ3) is 3.40. The van der Waals surface area contributed by atoms with Crippen LogP contribution in [-0.2, 0) is 5.60 Å². The minimum Gasteiger partial charge on any atom is -0.384 e. The Morgan fingerprint density at radius 1 is 1.21 bits per heavy atom. The maximum absolute atomic E-state index is 11.9. The van der Waals surface area contributed by atoms with Crippen LogP contribution >= 0.6 is 0 Å². The molecule has 2 N–H and O–H groups in total. The van der Waals surface area contributed by atoms with Crippen molar-refractivity contribution in [2.45, 2.75) is 70.1 Å². The molecule has 0 saturated carbocycles. The Labute approximate surface area is 147 Å².